The van der Waals surface area contributed by atoms with Crippen LogP contribution in [0.15, 0.2) is 17.2 Å². The van der Waals surface area contributed by atoms with Gasteiger partial charge in [0, 0.05) is 25.0 Å². The van der Waals surface area contributed by atoms with Crippen molar-refractivity contribution in [2.75, 3.05) is 6.54 Å². The Morgan fingerprint density at radius 2 is 2.57 bits per heavy atom. The maximum Gasteiger partial charge on any atom is 0.271 e. The smallest absolute Gasteiger partial charge is 0.271 e. The minimum atomic E-state index is 0.0289. The lowest BCUT2D eigenvalue weighted by molar-refractivity contribution is 0.496. The molecule has 1 N–H and O–H groups in total. The fourth-order valence-corrected chi connectivity index (χ4v) is 1.85. The van der Waals surface area contributed by atoms with Gasteiger partial charge in [-0.05, 0) is 26.3 Å². The normalized spacial score (nSPS) is 21.4. The van der Waals surface area contributed by atoms with Crippen LogP contribution in [0.25, 0.3) is 0 Å². The molecule has 1 atom stereocenters. The lowest BCUT2D eigenvalue weighted by Crippen LogP contribution is -2.33. The monoisotopic (exact) mass is 193 g/mol. The lowest BCUT2D eigenvalue weighted by Gasteiger charge is -2.12. The van der Waals surface area contributed by atoms with E-state index < -0.39 is 0 Å². The molecule has 76 valence electrons. The molecule has 1 aromatic rings. The highest BCUT2D eigenvalue weighted by molar-refractivity contribution is 4.95. The van der Waals surface area contributed by atoms with Crippen molar-refractivity contribution >= 4 is 0 Å². The van der Waals surface area contributed by atoms with Gasteiger partial charge in [0.05, 0.1) is 0 Å². The predicted octanol–water partition coefficient (Wildman–Crippen LogP) is 0.304. The molecular weight excluding hydrogens is 178 g/mol. The lowest BCUT2D eigenvalue weighted by atomic mass is 10.2. The molecule has 0 radical (unpaired) electrons. The third-order valence-electron chi connectivity index (χ3n) is 2.66. The van der Waals surface area contributed by atoms with Crippen molar-refractivity contribution < 1.29 is 0 Å². The van der Waals surface area contributed by atoms with Crippen LogP contribution < -0.4 is 10.9 Å². The minimum Gasteiger partial charge on any atom is -0.312 e. The molecule has 1 aliphatic rings. The zero-order chi connectivity index (χ0) is 9.97. The first-order chi connectivity index (χ1) is 6.77. The van der Waals surface area contributed by atoms with Gasteiger partial charge in [-0.1, -0.05) is 0 Å². The fourth-order valence-electron chi connectivity index (χ4n) is 1.85. The van der Waals surface area contributed by atoms with Crippen molar-refractivity contribution in [1.29, 1.82) is 0 Å². The zero-order valence-corrected chi connectivity index (χ0v) is 8.36. The quantitative estimate of drug-likeness (QED) is 0.735. The van der Waals surface area contributed by atoms with Gasteiger partial charge in [-0.15, -0.1) is 0 Å². The van der Waals surface area contributed by atoms with E-state index in [1.165, 1.54) is 6.42 Å². The summed E-state index contributed by atoms with van der Waals surface area (Å²) in [5.74, 6) is 0. The summed E-state index contributed by atoms with van der Waals surface area (Å²) >= 11 is 0. The van der Waals surface area contributed by atoms with Crippen molar-refractivity contribution in [3.8, 4) is 0 Å². The zero-order valence-electron chi connectivity index (χ0n) is 8.36. The molecule has 14 heavy (non-hydrogen) atoms. The molecule has 0 spiro atoms. The van der Waals surface area contributed by atoms with Gasteiger partial charge in [0.2, 0.25) is 0 Å². The van der Waals surface area contributed by atoms with Crippen LogP contribution >= 0.6 is 0 Å². The van der Waals surface area contributed by atoms with E-state index in [4.69, 9.17) is 0 Å². The molecule has 2 heterocycles. The van der Waals surface area contributed by atoms with Crippen LogP contribution in [0, 0.1) is 6.92 Å². The Labute approximate surface area is 83.0 Å². The van der Waals surface area contributed by atoms with E-state index in [1.54, 1.807) is 23.9 Å². The molecule has 1 saturated heterocycles. The van der Waals surface area contributed by atoms with Gasteiger partial charge in [0.25, 0.3) is 5.56 Å². The van der Waals surface area contributed by atoms with Gasteiger partial charge in [-0.3, -0.25) is 9.78 Å². The SMILES string of the molecule is Cc1nccn(C[C@H]2CCCN2)c1=O. The van der Waals surface area contributed by atoms with Gasteiger partial charge in [-0.2, -0.15) is 0 Å². The van der Waals surface area contributed by atoms with Gasteiger partial charge in [-0.25, -0.2) is 0 Å². The molecule has 0 aliphatic carbocycles. The molecule has 4 heteroatoms. The number of rotatable bonds is 2. The molecule has 2 rings (SSSR count). The standard InChI is InChI=1S/C10H15N3O/c1-8-10(14)13(6-5-11-8)7-9-3-2-4-12-9/h5-6,9,12H,2-4,7H2,1H3/t9-/m1/s1. The highest BCUT2D eigenvalue weighted by Crippen LogP contribution is 2.05. The van der Waals surface area contributed by atoms with Crippen molar-refractivity contribution in [3.63, 3.8) is 0 Å². The Bertz CT molecular complexity index is 366. The maximum atomic E-state index is 11.6. The van der Waals surface area contributed by atoms with Crippen molar-refractivity contribution in [1.82, 2.24) is 14.9 Å². The summed E-state index contributed by atoms with van der Waals surface area (Å²) < 4.78 is 1.74. The van der Waals surface area contributed by atoms with Crippen LogP contribution in [0.3, 0.4) is 0 Å². The highest BCUT2D eigenvalue weighted by atomic mass is 16.1. The number of aromatic nitrogens is 2. The largest absolute Gasteiger partial charge is 0.312 e. The molecule has 1 aliphatic heterocycles. The van der Waals surface area contributed by atoms with Crippen molar-refractivity contribution in [2.45, 2.75) is 32.4 Å². The molecule has 0 saturated carbocycles. The first-order valence-corrected chi connectivity index (χ1v) is 5.03. The van der Waals surface area contributed by atoms with Crippen molar-refractivity contribution in [2.24, 2.45) is 0 Å². The Morgan fingerprint density at radius 3 is 3.29 bits per heavy atom. The fraction of sp³-hybridized carbons (Fsp3) is 0.600. The summed E-state index contributed by atoms with van der Waals surface area (Å²) in [5.41, 5.74) is 0.603. The predicted molar refractivity (Wildman–Crippen MR) is 54.3 cm³/mol. The second-order valence-electron chi connectivity index (χ2n) is 3.76. The molecule has 1 aromatic heterocycles. The number of hydrogen-bond donors (Lipinski definition) is 1. The van der Waals surface area contributed by atoms with E-state index in [0.717, 1.165) is 19.5 Å². The first-order valence-electron chi connectivity index (χ1n) is 5.03. The summed E-state index contributed by atoms with van der Waals surface area (Å²) in [6.45, 7) is 3.59. The summed E-state index contributed by atoms with van der Waals surface area (Å²) in [5, 5.41) is 3.37. The van der Waals surface area contributed by atoms with Gasteiger partial charge in [0.15, 0.2) is 0 Å². The molecule has 0 amide bonds. The van der Waals surface area contributed by atoms with Crippen LogP contribution in [0.5, 0.6) is 0 Å². The molecule has 4 nitrogen and oxygen atoms in total. The molecule has 0 aromatic carbocycles. The molecular formula is C10H15N3O. The third-order valence-corrected chi connectivity index (χ3v) is 2.66. The summed E-state index contributed by atoms with van der Waals surface area (Å²) in [6.07, 6.45) is 5.82. The Kier molecular flexibility index (Phi) is 2.63. The second kappa shape index (κ2) is 3.92. The topological polar surface area (TPSA) is 46.9 Å². The van der Waals surface area contributed by atoms with Crippen LogP contribution in [-0.2, 0) is 6.54 Å². The van der Waals surface area contributed by atoms with E-state index in [2.05, 4.69) is 10.3 Å². The number of aryl methyl sites for hydroxylation is 1. The average Bonchev–Trinajstić information content (AvgIpc) is 2.66. The van der Waals surface area contributed by atoms with Crippen LogP contribution in [0.4, 0.5) is 0 Å². The molecule has 1 fully saturated rings. The summed E-state index contributed by atoms with van der Waals surface area (Å²) in [6, 6.07) is 0.453. The Hall–Kier alpha value is -1.16. The summed E-state index contributed by atoms with van der Waals surface area (Å²) in [7, 11) is 0. The van der Waals surface area contributed by atoms with Gasteiger partial charge >= 0.3 is 0 Å². The second-order valence-corrected chi connectivity index (χ2v) is 3.76. The van der Waals surface area contributed by atoms with E-state index in [-0.39, 0.29) is 5.56 Å². The van der Waals surface area contributed by atoms with E-state index >= 15 is 0 Å². The number of nitrogens with one attached hydrogen (secondary N) is 1. The van der Waals surface area contributed by atoms with Crippen molar-refractivity contribution in [3.05, 3.63) is 28.4 Å². The third kappa shape index (κ3) is 1.85. The minimum absolute atomic E-state index is 0.0289. The van der Waals surface area contributed by atoms with Crippen LogP contribution in [-0.4, -0.2) is 22.1 Å². The first kappa shape index (κ1) is 9.40. The highest BCUT2D eigenvalue weighted by Gasteiger charge is 2.14. The Morgan fingerprint density at radius 1 is 1.71 bits per heavy atom. The van der Waals surface area contributed by atoms with E-state index in [0.29, 0.717) is 11.7 Å². The van der Waals surface area contributed by atoms with E-state index in [9.17, 15) is 4.79 Å². The van der Waals surface area contributed by atoms with Gasteiger partial charge < -0.3 is 9.88 Å². The van der Waals surface area contributed by atoms with Crippen LogP contribution in [0.2, 0.25) is 0 Å². The molecule has 0 unspecified atom stereocenters. The summed E-state index contributed by atoms with van der Waals surface area (Å²) in [4.78, 5) is 15.6. The Balaban J connectivity index is 2.16. The maximum absolute atomic E-state index is 11.6. The van der Waals surface area contributed by atoms with E-state index in [1.807, 2.05) is 0 Å². The van der Waals surface area contributed by atoms with Crippen LogP contribution in [0.1, 0.15) is 18.5 Å². The number of hydrogen-bond acceptors (Lipinski definition) is 3. The number of nitrogens with zero attached hydrogens (tertiary/aromatic N) is 2. The van der Waals surface area contributed by atoms with Gasteiger partial charge in [0.1, 0.15) is 5.69 Å². The average molecular weight is 193 g/mol. The molecule has 0 bridgehead atoms.